The van der Waals surface area contributed by atoms with Crippen molar-refractivity contribution in [1.29, 1.82) is 0 Å². The van der Waals surface area contributed by atoms with Gasteiger partial charge in [-0.05, 0) is 31.0 Å². The standard InChI is InChI=1S/C14H16ClN3O/c15-11-6-2-1-5-10(11)9-13-17-14(19-18-13)12-7-3-4-8-16-12/h1-2,5-6,12,16H,3-4,7-9H2/t12-/m0/s1. The van der Waals surface area contributed by atoms with E-state index in [4.69, 9.17) is 16.1 Å². The molecular formula is C14H16ClN3O. The summed E-state index contributed by atoms with van der Waals surface area (Å²) in [6, 6.07) is 7.95. The van der Waals surface area contributed by atoms with Gasteiger partial charge in [0.25, 0.3) is 0 Å². The molecule has 0 amide bonds. The van der Waals surface area contributed by atoms with E-state index in [2.05, 4.69) is 15.5 Å². The van der Waals surface area contributed by atoms with Crippen molar-refractivity contribution in [2.75, 3.05) is 6.54 Å². The van der Waals surface area contributed by atoms with Gasteiger partial charge in [0.15, 0.2) is 5.82 Å². The van der Waals surface area contributed by atoms with Gasteiger partial charge in [0.2, 0.25) is 5.89 Å². The highest BCUT2D eigenvalue weighted by atomic mass is 35.5. The average Bonchev–Trinajstić information content (AvgIpc) is 2.91. The largest absolute Gasteiger partial charge is 0.338 e. The van der Waals surface area contributed by atoms with Crippen molar-refractivity contribution in [2.24, 2.45) is 0 Å². The van der Waals surface area contributed by atoms with E-state index >= 15 is 0 Å². The molecule has 1 fully saturated rings. The van der Waals surface area contributed by atoms with Gasteiger partial charge in [-0.3, -0.25) is 0 Å². The fraction of sp³-hybridized carbons (Fsp3) is 0.429. The van der Waals surface area contributed by atoms with Crippen molar-refractivity contribution in [3.8, 4) is 0 Å². The van der Waals surface area contributed by atoms with Gasteiger partial charge in [-0.15, -0.1) is 0 Å². The van der Waals surface area contributed by atoms with Crippen LogP contribution in [0.3, 0.4) is 0 Å². The highest BCUT2D eigenvalue weighted by Crippen LogP contribution is 2.22. The molecule has 0 saturated carbocycles. The van der Waals surface area contributed by atoms with Gasteiger partial charge in [0.05, 0.1) is 6.04 Å². The smallest absolute Gasteiger partial charge is 0.243 e. The molecule has 19 heavy (non-hydrogen) atoms. The Kier molecular flexibility index (Phi) is 3.80. The number of hydrogen-bond acceptors (Lipinski definition) is 4. The van der Waals surface area contributed by atoms with E-state index < -0.39 is 0 Å². The van der Waals surface area contributed by atoms with E-state index in [0.717, 1.165) is 23.6 Å². The maximum Gasteiger partial charge on any atom is 0.243 e. The summed E-state index contributed by atoms with van der Waals surface area (Å²) in [6.07, 6.45) is 4.10. The van der Waals surface area contributed by atoms with Crippen LogP contribution >= 0.6 is 11.6 Å². The van der Waals surface area contributed by atoms with Crippen molar-refractivity contribution in [3.05, 3.63) is 46.6 Å². The molecule has 0 radical (unpaired) electrons. The Hall–Kier alpha value is -1.39. The zero-order valence-electron chi connectivity index (χ0n) is 10.6. The average molecular weight is 278 g/mol. The maximum absolute atomic E-state index is 6.13. The van der Waals surface area contributed by atoms with Crippen LogP contribution in [0, 0.1) is 0 Å². The van der Waals surface area contributed by atoms with Crippen molar-refractivity contribution in [2.45, 2.75) is 31.7 Å². The number of rotatable bonds is 3. The molecule has 1 saturated heterocycles. The van der Waals surface area contributed by atoms with Crippen molar-refractivity contribution < 1.29 is 4.52 Å². The van der Waals surface area contributed by atoms with Crippen LogP contribution in [0.4, 0.5) is 0 Å². The van der Waals surface area contributed by atoms with Gasteiger partial charge < -0.3 is 9.84 Å². The summed E-state index contributed by atoms with van der Waals surface area (Å²) in [5, 5.41) is 8.19. The first kappa shape index (κ1) is 12.6. The molecular weight excluding hydrogens is 262 g/mol. The summed E-state index contributed by atoms with van der Waals surface area (Å²) in [4.78, 5) is 4.47. The van der Waals surface area contributed by atoms with Crippen LogP contribution in [-0.2, 0) is 6.42 Å². The molecule has 1 aliphatic heterocycles. The lowest BCUT2D eigenvalue weighted by molar-refractivity contribution is 0.296. The second-order valence-corrected chi connectivity index (χ2v) is 5.23. The summed E-state index contributed by atoms with van der Waals surface area (Å²) in [5.74, 6) is 1.39. The van der Waals surface area contributed by atoms with E-state index in [1.165, 1.54) is 12.8 Å². The lowest BCUT2D eigenvalue weighted by atomic mass is 10.1. The zero-order chi connectivity index (χ0) is 13.1. The molecule has 0 unspecified atom stereocenters. The molecule has 4 nitrogen and oxygen atoms in total. The third kappa shape index (κ3) is 2.96. The molecule has 1 aromatic heterocycles. The number of nitrogens with one attached hydrogen (secondary N) is 1. The van der Waals surface area contributed by atoms with E-state index in [1.54, 1.807) is 0 Å². The van der Waals surface area contributed by atoms with Crippen LogP contribution in [0.15, 0.2) is 28.8 Å². The molecule has 0 aliphatic carbocycles. The summed E-state index contributed by atoms with van der Waals surface area (Å²) in [6.45, 7) is 1.02. The normalized spacial score (nSPS) is 19.5. The molecule has 1 atom stereocenters. The SMILES string of the molecule is Clc1ccccc1Cc1noc([C@@H]2CCCCN2)n1. The second kappa shape index (κ2) is 5.72. The Bertz CT molecular complexity index is 549. The highest BCUT2D eigenvalue weighted by molar-refractivity contribution is 6.31. The Morgan fingerprint density at radius 3 is 3.00 bits per heavy atom. The molecule has 0 bridgehead atoms. The summed E-state index contributed by atoms with van der Waals surface area (Å²) in [5.41, 5.74) is 1.02. The van der Waals surface area contributed by atoms with E-state index in [9.17, 15) is 0 Å². The van der Waals surface area contributed by atoms with Crippen LogP contribution in [0.2, 0.25) is 5.02 Å². The number of halogens is 1. The molecule has 1 aromatic carbocycles. The number of benzene rings is 1. The fourth-order valence-corrected chi connectivity index (χ4v) is 2.56. The number of aromatic nitrogens is 2. The summed E-state index contributed by atoms with van der Waals surface area (Å²) in [7, 11) is 0. The number of hydrogen-bond donors (Lipinski definition) is 1. The van der Waals surface area contributed by atoms with E-state index in [1.807, 2.05) is 24.3 Å². The molecule has 0 spiro atoms. The maximum atomic E-state index is 6.13. The Labute approximate surface area is 117 Å². The van der Waals surface area contributed by atoms with Crippen LogP contribution in [-0.4, -0.2) is 16.7 Å². The monoisotopic (exact) mass is 277 g/mol. The van der Waals surface area contributed by atoms with Gasteiger partial charge >= 0.3 is 0 Å². The van der Waals surface area contributed by atoms with Crippen LogP contribution in [0.25, 0.3) is 0 Å². The topological polar surface area (TPSA) is 51.0 Å². The van der Waals surface area contributed by atoms with Crippen LogP contribution in [0.5, 0.6) is 0 Å². The van der Waals surface area contributed by atoms with E-state index in [-0.39, 0.29) is 6.04 Å². The van der Waals surface area contributed by atoms with Gasteiger partial charge in [-0.2, -0.15) is 4.98 Å². The highest BCUT2D eigenvalue weighted by Gasteiger charge is 2.21. The molecule has 3 rings (SSSR count). The Balaban J connectivity index is 1.73. The fourth-order valence-electron chi connectivity index (χ4n) is 2.36. The lowest BCUT2D eigenvalue weighted by Gasteiger charge is -2.19. The predicted octanol–water partition coefficient (Wildman–Crippen LogP) is 3.13. The second-order valence-electron chi connectivity index (χ2n) is 4.82. The molecule has 2 aromatic rings. The molecule has 2 heterocycles. The Morgan fingerprint density at radius 2 is 2.21 bits per heavy atom. The third-order valence-electron chi connectivity index (χ3n) is 3.40. The molecule has 5 heteroatoms. The minimum Gasteiger partial charge on any atom is -0.338 e. The molecule has 1 N–H and O–H groups in total. The van der Waals surface area contributed by atoms with Crippen molar-refractivity contribution in [1.82, 2.24) is 15.5 Å². The number of nitrogens with zero attached hydrogens (tertiary/aromatic N) is 2. The quantitative estimate of drug-likeness (QED) is 0.936. The van der Waals surface area contributed by atoms with Gasteiger partial charge in [-0.1, -0.05) is 41.4 Å². The van der Waals surface area contributed by atoms with Crippen LogP contribution in [0.1, 0.15) is 42.6 Å². The molecule has 1 aliphatic rings. The minimum absolute atomic E-state index is 0.209. The Morgan fingerprint density at radius 1 is 1.32 bits per heavy atom. The first-order chi connectivity index (χ1) is 9.33. The minimum atomic E-state index is 0.209. The predicted molar refractivity (Wildman–Crippen MR) is 73.2 cm³/mol. The zero-order valence-corrected chi connectivity index (χ0v) is 11.4. The van der Waals surface area contributed by atoms with Crippen LogP contribution < -0.4 is 5.32 Å². The van der Waals surface area contributed by atoms with Gasteiger partial charge in [0.1, 0.15) is 0 Å². The van der Waals surface area contributed by atoms with Crippen molar-refractivity contribution >= 4 is 11.6 Å². The lowest BCUT2D eigenvalue weighted by Crippen LogP contribution is -2.27. The van der Waals surface area contributed by atoms with E-state index in [0.29, 0.717) is 18.1 Å². The summed E-state index contributed by atoms with van der Waals surface area (Å²) < 4.78 is 5.35. The first-order valence-corrected chi connectivity index (χ1v) is 7.00. The molecule has 100 valence electrons. The first-order valence-electron chi connectivity index (χ1n) is 6.62. The van der Waals surface area contributed by atoms with Gasteiger partial charge in [0, 0.05) is 11.4 Å². The van der Waals surface area contributed by atoms with Gasteiger partial charge in [-0.25, -0.2) is 0 Å². The van der Waals surface area contributed by atoms with Crippen molar-refractivity contribution in [3.63, 3.8) is 0 Å². The number of piperidine rings is 1. The third-order valence-corrected chi connectivity index (χ3v) is 3.77. The summed E-state index contributed by atoms with van der Waals surface area (Å²) >= 11 is 6.13.